The van der Waals surface area contributed by atoms with Gasteiger partial charge < -0.3 is 9.47 Å². The van der Waals surface area contributed by atoms with E-state index in [1.54, 1.807) is 19.9 Å². The van der Waals surface area contributed by atoms with Crippen LogP contribution in [0.25, 0.3) is 0 Å². The van der Waals surface area contributed by atoms with E-state index in [-0.39, 0.29) is 0 Å². The summed E-state index contributed by atoms with van der Waals surface area (Å²) in [5, 5.41) is 8.86. The minimum absolute atomic E-state index is 0.320. The van der Waals surface area contributed by atoms with Crippen molar-refractivity contribution in [2.75, 3.05) is 13.7 Å². The van der Waals surface area contributed by atoms with Crippen LogP contribution in [0.15, 0.2) is 12.1 Å². The molecular formula is C12H13NO3. The van der Waals surface area contributed by atoms with Crippen LogP contribution in [0.5, 0.6) is 5.75 Å². The Bertz CT molecular complexity index is 446. The number of hydrogen-bond donors (Lipinski definition) is 0. The average Bonchev–Trinajstić information content (AvgIpc) is 2.28. The van der Waals surface area contributed by atoms with Crippen LogP contribution in [0.2, 0.25) is 0 Å². The first-order valence-corrected chi connectivity index (χ1v) is 4.89. The van der Waals surface area contributed by atoms with Crippen molar-refractivity contribution in [3.8, 4) is 11.8 Å². The zero-order valence-electron chi connectivity index (χ0n) is 9.53. The Hall–Kier alpha value is -2.02. The molecule has 0 unspecified atom stereocenters. The molecule has 0 heterocycles. The Morgan fingerprint density at radius 1 is 1.50 bits per heavy atom. The topological polar surface area (TPSA) is 59.3 Å². The van der Waals surface area contributed by atoms with E-state index < -0.39 is 5.97 Å². The van der Waals surface area contributed by atoms with Crippen LogP contribution < -0.4 is 4.74 Å². The highest BCUT2D eigenvalue weighted by Gasteiger charge is 2.14. The fourth-order valence-electron chi connectivity index (χ4n) is 1.37. The molecule has 0 spiro atoms. The van der Waals surface area contributed by atoms with Gasteiger partial charge in [0.25, 0.3) is 0 Å². The Balaban J connectivity index is 3.22. The molecule has 0 fully saturated rings. The largest absolute Gasteiger partial charge is 0.495 e. The van der Waals surface area contributed by atoms with E-state index in [1.807, 2.05) is 6.07 Å². The Morgan fingerprint density at radius 3 is 2.69 bits per heavy atom. The number of carbonyl (C=O) groups is 1. The van der Waals surface area contributed by atoms with E-state index in [2.05, 4.69) is 0 Å². The van der Waals surface area contributed by atoms with Crippen molar-refractivity contribution in [1.82, 2.24) is 0 Å². The molecular weight excluding hydrogens is 206 g/mol. The van der Waals surface area contributed by atoms with Crippen molar-refractivity contribution in [1.29, 1.82) is 5.26 Å². The van der Waals surface area contributed by atoms with E-state index in [1.165, 1.54) is 13.2 Å². The van der Waals surface area contributed by atoms with Gasteiger partial charge in [-0.25, -0.2) is 4.79 Å². The molecule has 0 saturated carbocycles. The first-order chi connectivity index (χ1) is 7.63. The number of aryl methyl sites for hydroxylation is 1. The highest BCUT2D eigenvalue weighted by molar-refractivity contribution is 5.92. The van der Waals surface area contributed by atoms with E-state index >= 15 is 0 Å². The van der Waals surface area contributed by atoms with Crippen LogP contribution in [-0.4, -0.2) is 19.7 Å². The van der Waals surface area contributed by atoms with Gasteiger partial charge >= 0.3 is 5.97 Å². The second-order valence-corrected chi connectivity index (χ2v) is 3.20. The van der Waals surface area contributed by atoms with Gasteiger partial charge in [0.2, 0.25) is 0 Å². The summed E-state index contributed by atoms with van der Waals surface area (Å²) < 4.78 is 9.93. The normalized spacial score (nSPS) is 9.38. The van der Waals surface area contributed by atoms with Gasteiger partial charge in [-0.1, -0.05) is 0 Å². The van der Waals surface area contributed by atoms with Crippen molar-refractivity contribution >= 4 is 5.97 Å². The van der Waals surface area contributed by atoms with E-state index in [0.29, 0.717) is 29.0 Å². The number of rotatable bonds is 3. The Kier molecular flexibility index (Phi) is 3.90. The third-order valence-electron chi connectivity index (χ3n) is 2.16. The summed E-state index contributed by atoms with van der Waals surface area (Å²) in [4.78, 5) is 11.6. The maximum absolute atomic E-state index is 11.6. The smallest absolute Gasteiger partial charge is 0.338 e. The summed E-state index contributed by atoms with van der Waals surface area (Å²) in [7, 11) is 1.46. The van der Waals surface area contributed by atoms with Gasteiger partial charge in [0.05, 0.1) is 24.8 Å². The van der Waals surface area contributed by atoms with Crippen LogP contribution in [0.4, 0.5) is 0 Å². The Labute approximate surface area is 94.4 Å². The molecule has 0 aliphatic heterocycles. The summed E-state index contributed by atoms with van der Waals surface area (Å²) in [6, 6.07) is 5.16. The summed E-state index contributed by atoms with van der Waals surface area (Å²) >= 11 is 0. The number of benzene rings is 1. The van der Waals surface area contributed by atoms with Gasteiger partial charge in [0.1, 0.15) is 11.8 Å². The van der Waals surface area contributed by atoms with E-state index in [9.17, 15) is 4.79 Å². The molecule has 0 N–H and O–H groups in total. The lowest BCUT2D eigenvalue weighted by molar-refractivity contribution is 0.0525. The number of esters is 1. The van der Waals surface area contributed by atoms with E-state index in [0.717, 1.165) is 0 Å². The quantitative estimate of drug-likeness (QED) is 0.730. The second-order valence-electron chi connectivity index (χ2n) is 3.20. The molecule has 0 radical (unpaired) electrons. The maximum atomic E-state index is 11.6. The molecule has 0 saturated heterocycles. The van der Waals surface area contributed by atoms with Crippen molar-refractivity contribution < 1.29 is 14.3 Å². The van der Waals surface area contributed by atoms with Gasteiger partial charge in [-0.2, -0.15) is 5.26 Å². The fraction of sp³-hybridized carbons (Fsp3) is 0.333. The lowest BCUT2D eigenvalue weighted by Crippen LogP contribution is -2.07. The van der Waals surface area contributed by atoms with Crippen LogP contribution >= 0.6 is 0 Å². The van der Waals surface area contributed by atoms with Crippen LogP contribution in [0.3, 0.4) is 0 Å². The lowest BCUT2D eigenvalue weighted by Gasteiger charge is -2.09. The summed E-state index contributed by atoms with van der Waals surface area (Å²) in [5.41, 5.74) is 1.54. The van der Waals surface area contributed by atoms with Crippen LogP contribution in [0.1, 0.15) is 28.4 Å². The number of methoxy groups -OCH3 is 1. The highest BCUT2D eigenvalue weighted by Crippen LogP contribution is 2.23. The zero-order chi connectivity index (χ0) is 12.1. The third-order valence-corrected chi connectivity index (χ3v) is 2.16. The Morgan fingerprint density at radius 2 is 2.19 bits per heavy atom. The monoisotopic (exact) mass is 219 g/mol. The van der Waals surface area contributed by atoms with Crippen molar-refractivity contribution in [3.63, 3.8) is 0 Å². The summed E-state index contributed by atoms with van der Waals surface area (Å²) in [6.45, 7) is 3.82. The van der Waals surface area contributed by atoms with Crippen molar-refractivity contribution in [2.24, 2.45) is 0 Å². The first kappa shape index (κ1) is 12.1. The molecule has 0 aliphatic carbocycles. The molecule has 16 heavy (non-hydrogen) atoms. The average molecular weight is 219 g/mol. The third kappa shape index (κ3) is 2.31. The predicted octanol–water partition coefficient (Wildman–Crippen LogP) is 2.05. The molecule has 0 amide bonds. The van der Waals surface area contributed by atoms with Crippen LogP contribution in [0, 0.1) is 18.3 Å². The number of ether oxygens (including phenoxy) is 2. The van der Waals surface area contributed by atoms with Gasteiger partial charge in [-0.05, 0) is 31.5 Å². The zero-order valence-corrected chi connectivity index (χ0v) is 9.53. The van der Waals surface area contributed by atoms with E-state index in [4.69, 9.17) is 14.7 Å². The summed E-state index contributed by atoms with van der Waals surface area (Å²) in [5.74, 6) is -0.0149. The predicted molar refractivity (Wildman–Crippen MR) is 58.4 cm³/mol. The number of nitrogens with zero attached hydrogens (tertiary/aromatic N) is 1. The minimum atomic E-state index is -0.400. The van der Waals surface area contributed by atoms with Crippen LogP contribution in [-0.2, 0) is 4.74 Å². The molecule has 1 aromatic carbocycles. The maximum Gasteiger partial charge on any atom is 0.338 e. The van der Waals surface area contributed by atoms with Gasteiger partial charge in [-0.15, -0.1) is 0 Å². The number of nitriles is 1. The standard InChI is InChI=1S/C12H13NO3/c1-4-16-12(14)10-6-11(15-3)9(7-13)5-8(10)2/h5-6H,4H2,1-3H3. The number of carbonyl (C=O) groups excluding carboxylic acids is 1. The highest BCUT2D eigenvalue weighted by atomic mass is 16.5. The first-order valence-electron chi connectivity index (χ1n) is 4.89. The van der Waals surface area contributed by atoms with Crippen molar-refractivity contribution in [2.45, 2.75) is 13.8 Å². The molecule has 4 heteroatoms. The second kappa shape index (κ2) is 5.17. The minimum Gasteiger partial charge on any atom is -0.495 e. The van der Waals surface area contributed by atoms with Gasteiger partial charge in [0, 0.05) is 0 Å². The molecule has 0 aliphatic rings. The van der Waals surface area contributed by atoms with Gasteiger partial charge in [-0.3, -0.25) is 0 Å². The molecule has 0 atom stereocenters. The SMILES string of the molecule is CCOC(=O)c1cc(OC)c(C#N)cc1C. The molecule has 0 bridgehead atoms. The molecule has 4 nitrogen and oxygen atoms in total. The van der Waals surface area contributed by atoms with Gasteiger partial charge in [0.15, 0.2) is 0 Å². The molecule has 0 aromatic heterocycles. The summed E-state index contributed by atoms with van der Waals surface area (Å²) in [6.07, 6.45) is 0. The molecule has 1 aromatic rings. The fourth-order valence-corrected chi connectivity index (χ4v) is 1.37. The number of hydrogen-bond acceptors (Lipinski definition) is 4. The lowest BCUT2D eigenvalue weighted by atomic mass is 10.0. The molecule has 1 rings (SSSR count). The van der Waals surface area contributed by atoms with Crippen molar-refractivity contribution in [3.05, 3.63) is 28.8 Å². The molecule has 84 valence electrons.